The molecule has 2 heterocycles. The minimum Gasteiger partial charge on any atom is -0.490 e. The van der Waals surface area contributed by atoms with Crippen LogP contribution in [0.5, 0.6) is 11.5 Å². The second-order valence-electron chi connectivity index (χ2n) is 8.42. The number of amides is 1. The monoisotopic (exact) mass is 636 g/mol. The number of hydrazone groups is 1. The molecule has 0 saturated heterocycles. The number of benzene rings is 3. The average Bonchev–Trinajstić information content (AvgIpc) is 3.59. The molecule has 0 aliphatic heterocycles. The van der Waals surface area contributed by atoms with Gasteiger partial charge in [0, 0.05) is 10.6 Å². The molecule has 5 rings (SSSR count). The molecule has 3 N–H and O–H groups in total. The molecular weight excluding hydrogens is 616 g/mol. The van der Waals surface area contributed by atoms with Crippen molar-refractivity contribution in [2.24, 2.45) is 5.10 Å². The van der Waals surface area contributed by atoms with Gasteiger partial charge in [-0.2, -0.15) is 9.78 Å². The Bertz CT molecular complexity index is 1710. The average molecular weight is 638 g/mol. The molecule has 0 unspecified atom stereocenters. The number of ether oxygens (including phenoxy) is 2. The number of hydrogen-bond acceptors (Lipinski definition) is 10. The standard InChI is InChI=1S/C27H22BrClN8O4/c1-2-39-21-13-17(12-20(28)24(21)40-15-16-7-6-10-19(29)11-16)14-31-33-27(38)23-22(18-8-4-3-5-9-18)32-36-37(23)26-25(30)34-41-35-26/h3-14H,2,15H2,1H3,(H2,30,34)(H,33,38)/b31-14-. The maximum Gasteiger partial charge on any atom is 0.292 e. The quantitative estimate of drug-likeness (QED) is 0.158. The lowest BCUT2D eigenvalue weighted by Crippen LogP contribution is -2.22. The molecule has 41 heavy (non-hydrogen) atoms. The minimum atomic E-state index is -0.613. The van der Waals surface area contributed by atoms with Gasteiger partial charge in [0.15, 0.2) is 17.2 Å². The van der Waals surface area contributed by atoms with Crippen LogP contribution in [0.2, 0.25) is 5.02 Å². The van der Waals surface area contributed by atoms with Crippen LogP contribution in [-0.4, -0.2) is 44.0 Å². The summed E-state index contributed by atoms with van der Waals surface area (Å²) in [6, 6.07) is 20.0. The lowest BCUT2D eigenvalue weighted by atomic mass is 10.1. The molecule has 0 saturated carbocycles. The molecule has 0 aliphatic carbocycles. The third kappa shape index (κ3) is 6.36. The van der Waals surface area contributed by atoms with Gasteiger partial charge in [0.25, 0.3) is 5.91 Å². The molecule has 0 atom stereocenters. The second-order valence-corrected chi connectivity index (χ2v) is 9.71. The first-order chi connectivity index (χ1) is 19.9. The summed E-state index contributed by atoms with van der Waals surface area (Å²) >= 11 is 9.63. The van der Waals surface area contributed by atoms with E-state index in [-0.39, 0.29) is 17.3 Å². The van der Waals surface area contributed by atoms with E-state index in [1.165, 1.54) is 6.21 Å². The van der Waals surface area contributed by atoms with E-state index in [0.29, 0.717) is 51.0 Å². The van der Waals surface area contributed by atoms with E-state index in [0.717, 1.165) is 10.2 Å². The predicted octanol–water partition coefficient (Wildman–Crippen LogP) is 5.06. The molecule has 0 aliphatic rings. The summed E-state index contributed by atoms with van der Waals surface area (Å²) in [7, 11) is 0. The van der Waals surface area contributed by atoms with Gasteiger partial charge in [-0.1, -0.05) is 59.3 Å². The number of nitrogens with two attached hydrogens (primary N) is 1. The Labute approximate surface area is 247 Å². The Hall–Kier alpha value is -4.75. The van der Waals surface area contributed by atoms with Gasteiger partial charge in [-0.25, -0.2) is 10.1 Å². The van der Waals surface area contributed by atoms with Crippen molar-refractivity contribution < 1.29 is 18.9 Å². The summed E-state index contributed by atoms with van der Waals surface area (Å²) in [5.41, 5.74) is 10.9. The molecule has 2 aromatic heterocycles. The molecule has 0 fully saturated rings. The number of aromatic nitrogens is 5. The van der Waals surface area contributed by atoms with Gasteiger partial charge in [-0.05, 0) is 68.6 Å². The van der Waals surface area contributed by atoms with Gasteiger partial charge in [0.2, 0.25) is 11.6 Å². The number of hydrogen-bond donors (Lipinski definition) is 2. The predicted molar refractivity (Wildman–Crippen MR) is 155 cm³/mol. The third-order valence-electron chi connectivity index (χ3n) is 5.61. The van der Waals surface area contributed by atoms with Crippen LogP contribution in [0.3, 0.4) is 0 Å². The molecule has 1 amide bonds. The van der Waals surface area contributed by atoms with Gasteiger partial charge >= 0.3 is 0 Å². The fourth-order valence-electron chi connectivity index (χ4n) is 3.83. The van der Waals surface area contributed by atoms with Crippen LogP contribution in [0.4, 0.5) is 5.82 Å². The molecule has 0 bridgehead atoms. The molecule has 208 valence electrons. The topological polar surface area (TPSA) is 156 Å². The van der Waals surface area contributed by atoms with E-state index in [1.54, 1.807) is 30.3 Å². The Kier molecular flexibility index (Phi) is 8.56. The van der Waals surface area contributed by atoms with E-state index < -0.39 is 5.91 Å². The summed E-state index contributed by atoms with van der Waals surface area (Å²) in [6.45, 7) is 2.57. The maximum absolute atomic E-state index is 13.3. The Morgan fingerprint density at radius 2 is 1.98 bits per heavy atom. The van der Waals surface area contributed by atoms with E-state index >= 15 is 0 Å². The third-order valence-corrected chi connectivity index (χ3v) is 6.44. The number of anilines is 1. The van der Waals surface area contributed by atoms with Crippen molar-refractivity contribution in [1.82, 2.24) is 30.7 Å². The second kappa shape index (κ2) is 12.6. The number of carbonyl (C=O) groups is 1. The fraction of sp³-hybridized carbons (Fsp3) is 0.111. The van der Waals surface area contributed by atoms with E-state index in [1.807, 2.05) is 43.3 Å². The highest BCUT2D eigenvalue weighted by Crippen LogP contribution is 2.37. The zero-order valence-electron chi connectivity index (χ0n) is 21.5. The van der Waals surface area contributed by atoms with E-state index in [4.69, 9.17) is 26.8 Å². The Balaban J connectivity index is 1.38. The summed E-state index contributed by atoms with van der Waals surface area (Å²) in [6.07, 6.45) is 1.47. The van der Waals surface area contributed by atoms with Crippen LogP contribution in [0.1, 0.15) is 28.5 Å². The SMILES string of the molecule is CCOc1cc(/C=N\NC(=O)c2c(-c3ccccc3)nnn2-c2nonc2N)cc(Br)c1OCc1cccc(Cl)c1. The van der Waals surface area contributed by atoms with Crippen LogP contribution >= 0.6 is 27.5 Å². The number of rotatable bonds is 10. The number of carbonyl (C=O) groups excluding carboxylic acids is 1. The molecule has 0 spiro atoms. The summed E-state index contributed by atoms with van der Waals surface area (Å²) < 4.78 is 18.3. The normalized spacial score (nSPS) is 11.1. The largest absolute Gasteiger partial charge is 0.490 e. The molecule has 12 nitrogen and oxygen atoms in total. The summed E-state index contributed by atoms with van der Waals surface area (Å²) in [5, 5.41) is 20.3. The summed E-state index contributed by atoms with van der Waals surface area (Å²) in [5.74, 6) is 0.372. The highest BCUT2D eigenvalue weighted by molar-refractivity contribution is 9.10. The number of nitrogen functional groups attached to an aromatic ring is 1. The van der Waals surface area contributed by atoms with Crippen LogP contribution in [-0.2, 0) is 6.61 Å². The highest BCUT2D eigenvalue weighted by atomic mass is 79.9. The van der Waals surface area contributed by atoms with Crippen molar-refractivity contribution in [3.8, 4) is 28.6 Å². The van der Waals surface area contributed by atoms with Crippen molar-refractivity contribution in [2.45, 2.75) is 13.5 Å². The van der Waals surface area contributed by atoms with Gasteiger partial charge in [0.1, 0.15) is 12.3 Å². The van der Waals surface area contributed by atoms with Gasteiger partial charge in [-0.15, -0.1) is 5.10 Å². The first-order valence-electron chi connectivity index (χ1n) is 12.2. The Morgan fingerprint density at radius 1 is 1.15 bits per heavy atom. The number of halogens is 2. The lowest BCUT2D eigenvalue weighted by molar-refractivity contribution is 0.0947. The van der Waals surface area contributed by atoms with Gasteiger partial charge < -0.3 is 15.2 Å². The van der Waals surface area contributed by atoms with Crippen molar-refractivity contribution in [3.05, 3.63) is 93.0 Å². The molecule has 0 radical (unpaired) electrons. The van der Waals surface area contributed by atoms with Gasteiger partial charge in [0.05, 0.1) is 17.3 Å². The van der Waals surface area contributed by atoms with E-state index in [2.05, 4.69) is 51.7 Å². The molecule has 3 aromatic carbocycles. The van der Waals surface area contributed by atoms with E-state index in [9.17, 15) is 4.79 Å². The number of nitrogens with zero attached hydrogens (tertiary/aromatic N) is 6. The fourth-order valence-corrected chi connectivity index (χ4v) is 4.62. The highest BCUT2D eigenvalue weighted by Gasteiger charge is 2.26. The summed E-state index contributed by atoms with van der Waals surface area (Å²) in [4.78, 5) is 13.3. The number of nitrogens with one attached hydrogen (secondary N) is 1. The maximum atomic E-state index is 13.3. The molecular formula is C27H22BrClN8O4. The van der Waals surface area contributed by atoms with Crippen molar-refractivity contribution in [2.75, 3.05) is 12.3 Å². The van der Waals surface area contributed by atoms with Crippen LogP contribution < -0.4 is 20.6 Å². The molecule has 5 aromatic rings. The molecule has 14 heteroatoms. The Morgan fingerprint density at radius 3 is 2.71 bits per heavy atom. The zero-order chi connectivity index (χ0) is 28.8. The van der Waals surface area contributed by atoms with Crippen molar-refractivity contribution >= 4 is 45.5 Å². The van der Waals surface area contributed by atoms with Crippen molar-refractivity contribution in [1.29, 1.82) is 0 Å². The first-order valence-corrected chi connectivity index (χ1v) is 13.4. The zero-order valence-corrected chi connectivity index (χ0v) is 23.8. The minimum absolute atomic E-state index is 0.0208. The van der Waals surface area contributed by atoms with Crippen molar-refractivity contribution in [3.63, 3.8) is 0 Å². The lowest BCUT2D eigenvalue weighted by Gasteiger charge is -2.15. The van der Waals surface area contributed by atoms with Crippen LogP contribution in [0.25, 0.3) is 17.1 Å². The smallest absolute Gasteiger partial charge is 0.292 e. The van der Waals surface area contributed by atoms with Gasteiger partial charge in [-0.3, -0.25) is 4.79 Å². The first kappa shape index (κ1) is 27.8. The van der Waals surface area contributed by atoms with Crippen LogP contribution in [0.15, 0.2) is 80.9 Å². The van der Waals surface area contributed by atoms with Crippen LogP contribution in [0, 0.1) is 0 Å².